The van der Waals surface area contributed by atoms with Gasteiger partial charge in [-0.1, -0.05) is 12.1 Å². The largest absolute Gasteiger partial charge is 0.468 e. The molecule has 24 heavy (non-hydrogen) atoms. The molecule has 1 heterocycles. The van der Waals surface area contributed by atoms with Crippen molar-refractivity contribution in [2.75, 3.05) is 13.7 Å². The third kappa shape index (κ3) is 4.17. The average Bonchev–Trinajstić information content (AvgIpc) is 2.57. The van der Waals surface area contributed by atoms with Crippen molar-refractivity contribution in [3.8, 4) is 0 Å². The van der Waals surface area contributed by atoms with E-state index in [9.17, 15) is 18.4 Å². The molecule has 130 valence electrons. The first-order valence-electron chi connectivity index (χ1n) is 7.65. The summed E-state index contributed by atoms with van der Waals surface area (Å²) in [5, 5.41) is 2.91. The highest BCUT2D eigenvalue weighted by atomic mass is 19.1. The zero-order valence-electron chi connectivity index (χ0n) is 13.4. The van der Waals surface area contributed by atoms with Gasteiger partial charge in [0.05, 0.1) is 13.2 Å². The van der Waals surface area contributed by atoms with Gasteiger partial charge in [0.1, 0.15) is 17.7 Å². The average molecular weight is 338 g/mol. The monoisotopic (exact) mass is 338 g/mol. The Labute approximate surface area is 139 Å². The lowest BCUT2D eigenvalue weighted by Crippen LogP contribution is -2.54. The van der Waals surface area contributed by atoms with Crippen LogP contribution in [0, 0.1) is 11.6 Å². The minimum absolute atomic E-state index is 0.0557. The van der Waals surface area contributed by atoms with E-state index < -0.39 is 29.7 Å². The summed E-state index contributed by atoms with van der Waals surface area (Å²) in [6.45, 7) is 4.09. The Morgan fingerprint density at radius 3 is 2.92 bits per heavy atom. The Bertz CT molecular complexity index is 636. The predicted octanol–water partition coefficient (Wildman–Crippen LogP) is 1.77. The van der Waals surface area contributed by atoms with Crippen molar-refractivity contribution < 1.29 is 23.1 Å². The molecule has 0 spiro atoms. The molecule has 1 aromatic carbocycles. The standard InChI is InChI=1S/C17H20F2N2O3/c1-3-14(17(23)24-2)20-15-5-4-8-21(16(15)22)10-11-6-7-12(18)9-13(11)19/h3,6-7,9,14-15,20H,1,4-5,8,10H2,2H3/t14-,15-/m1/s1. The number of amides is 1. The molecule has 0 aliphatic carbocycles. The van der Waals surface area contributed by atoms with E-state index in [0.29, 0.717) is 19.4 Å². The Balaban J connectivity index is 2.06. The van der Waals surface area contributed by atoms with Crippen molar-refractivity contribution in [3.63, 3.8) is 0 Å². The summed E-state index contributed by atoms with van der Waals surface area (Å²) in [5.41, 5.74) is 0.249. The normalized spacial score (nSPS) is 19.0. The second-order valence-electron chi connectivity index (χ2n) is 5.59. The zero-order chi connectivity index (χ0) is 17.7. The van der Waals surface area contributed by atoms with Crippen molar-refractivity contribution in [1.29, 1.82) is 0 Å². The molecule has 1 amide bonds. The first-order valence-corrected chi connectivity index (χ1v) is 7.65. The first-order chi connectivity index (χ1) is 11.5. The number of benzene rings is 1. The van der Waals surface area contributed by atoms with E-state index >= 15 is 0 Å². The molecule has 7 heteroatoms. The van der Waals surface area contributed by atoms with Gasteiger partial charge in [0.2, 0.25) is 5.91 Å². The highest BCUT2D eigenvalue weighted by molar-refractivity contribution is 5.84. The minimum Gasteiger partial charge on any atom is -0.468 e. The molecule has 1 aliphatic heterocycles. The van der Waals surface area contributed by atoms with Crippen molar-refractivity contribution in [2.45, 2.75) is 31.5 Å². The second-order valence-corrected chi connectivity index (χ2v) is 5.59. The van der Waals surface area contributed by atoms with Crippen molar-refractivity contribution in [3.05, 3.63) is 48.1 Å². The highest BCUT2D eigenvalue weighted by Crippen LogP contribution is 2.18. The van der Waals surface area contributed by atoms with Gasteiger partial charge in [0, 0.05) is 24.7 Å². The van der Waals surface area contributed by atoms with Crippen LogP contribution in [0.3, 0.4) is 0 Å². The summed E-state index contributed by atoms with van der Waals surface area (Å²) in [6, 6.07) is 1.92. The fourth-order valence-corrected chi connectivity index (χ4v) is 2.68. The summed E-state index contributed by atoms with van der Waals surface area (Å²) in [5.74, 6) is -2.11. The lowest BCUT2D eigenvalue weighted by molar-refractivity contribution is -0.143. The lowest BCUT2D eigenvalue weighted by atomic mass is 10.0. The molecule has 0 unspecified atom stereocenters. The van der Waals surface area contributed by atoms with Crippen LogP contribution in [-0.2, 0) is 20.9 Å². The number of ether oxygens (including phenoxy) is 1. The summed E-state index contributed by atoms with van der Waals surface area (Å²) in [4.78, 5) is 25.7. The fraction of sp³-hybridized carbons (Fsp3) is 0.412. The van der Waals surface area contributed by atoms with Crippen LogP contribution in [0.15, 0.2) is 30.9 Å². The zero-order valence-corrected chi connectivity index (χ0v) is 13.4. The smallest absolute Gasteiger partial charge is 0.326 e. The number of rotatable bonds is 6. The van der Waals surface area contributed by atoms with Crippen molar-refractivity contribution >= 4 is 11.9 Å². The maximum absolute atomic E-state index is 13.8. The van der Waals surface area contributed by atoms with Crippen LogP contribution in [0.5, 0.6) is 0 Å². The highest BCUT2D eigenvalue weighted by Gasteiger charge is 2.32. The Morgan fingerprint density at radius 1 is 1.54 bits per heavy atom. The molecule has 0 bridgehead atoms. The van der Waals surface area contributed by atoms with Gasteiger partial charge in [-0.05, 0) is 18.9 Å². The number of piperidine rings is 1. The summed E-state index contributed by atoms with van der Waals surface area (Å²) >= 11 is 0. The first kappa shape index (κ1) is 18.1. The van der Waals surface area contributed by atoms with E-state index in [0.717, 1.165) is 12.1 Å². The van der Waals surface area contributed by atoms with Gasteiger partial charge >= 0.3 is 5.97 Å². The minimum atomic E-state index is -0.786. The predicted molar refractivity (Wildman–Crippen MR) is 83.9 cm³/mol. The molecule has 0 radical (unpaired) electrons. The molecule has 1 N–H and O–H groups in total. The molecule has 1 fully saturated rings. The molecule has 5 nitrogen and oxygen atoms in total. The summed E-state index contributed by atoms with van der Waals surface area (Å²) in [7, 11) is 1.26. The molecular formula is C17H20F2N2O3. The number of esters is 1. The van der Waals surface area contributed by atoms with Crippen molar-refractivity contribution in [1.82, 2.24) is 10.2 Å². The molecule has 1 aliphatic rings. The number of nitrogens with one attached hydrogen (secondary N) is 1. The third-order valence-electron chi connectivity index (χ3n) is 3.98. The third-order valence-corrected chi connectivity index (χ3v) is 3.98. The molecule has 1 aromatic rings. The number of carbonyl (C=O) groups is 2. The van der Waals surface area contributed by atoms with Gasteiger partial charge in [0.15, 0.2) is 0 Å². The maximum atomic E-state index is 13.8. The maximum Gasteiger partial charge on any atom is 0.326 e. The number of halogens is 2. The van der Waals surface area contributed by atoms with Crippen LogP contribution in [-0.4, -0.2) is 42.5 Å². The van der Waals surface area contributed by atoms with Crippen LogP contribution in [0.25, 0.3) is 0 Å². The quantitative estimate of drug-likeness (QED) is 0.634. The molecule has 0 aromatic heterocycles. The number of hydrogen-bond donors (Lipinski definition) is 1. The van der Waals surface area contributed by atoms with Crippen molar-refractivity contribution in [2.24, 2.45) is 0 Å². The fourth-order valence-electron chi connectivity index (χ4n) is 2.68. The van der Waals surface area contributed by atoms with Gasteiger partial charge in [-0.2, -0.15) is 0 Å². The van der Waals surface area contributed by atoms with E-state index in [1.165, 1.54) is 24.2 Å². The van der Waals surface area contributed by atoms with Crippen LogP contribution in [0.4, 0.5) is 8.78 Å². The number of methoxy groups -OCH3 is 1. The van der Waals surface area contributed by atoms with E-state index in [1.54, 1.807) is 0 Å². The molecule has 2 atom stereocenters. The topological polar surface area (TPSA) is 58.6 Å². The van der Waals surface area contributed by atoms with E-state index in [2.05, 4.69) is 16.6 Å². The van der Waals surface area contributed by atoms with Crippen LogP contribution >= 0.6 is 0 Å². The van der Waals surface area contributed by atoms with Gasteiger partial charge < -0.3 is 9.64 Å². The lowest BCUT2D eigenvalue weighted by Gasteiger charge is -2.34. The summed E-state index contributed by atoms with van der Waals surface area (Å²) < 4.78 is 31.4. The number of hydrogen-bond acceptors (Lipinski definition) is 4. The molecule has 0 saturated carbocycles. The Hall–Kier alpha value is -2.28. The molecule has 2 rings (SSSR count). The number of nitrogens with zero attached hydrogens (tertiary/aromatic N) is 1. The van der Waals surface area contributed by atoms with Crippen LogP contribution in [0.2, 0.25) is 0 Å². The van der Waals surface area contributed by atoms with Crippen LogP contribution < -0.4 is 5.32 Å². The van der Waals surface area contributed by atoms with E-state index in [1.807, 2.05) is 0 Å². The second kappa shape index (κ2) is 8.01. The van der Waals surface area contributed by atoms with Gasteiger partial charge in [-0.3, -0.25) is 14.9 Å². The molecular weight excluding hydrogens is 318 g/mol. The van der Waals surface area contributed by atoms with E-state index in [4.69, 9.17) is 0 Å². The van der Waals surface area contributed by atoms with Crippen LogP contribution in [0.1, 0.15) is 18.4 Å². The Morgan fingerprint density at radius 2 is 2.29 bits per heavy atom. The number of likely N-dealkylation sites (tertiary alicyclic amines) is 1. The number of carbonyl (C=O) groups excluding carboxylic acids is 2. The Kier molecular flexibility index (Phi) is 6.03. The van der Waals surface area contributed by atoms with Gasteiger partial charge in [0.25, 0.3) is 0 Å². The van der Waals surface area contributed by atoms with Gasteiger partial charge in [-0.15, -0.1) is 6.58 Å². The summed E-state index contributed by atoms with van der Waals surface area (Å²) in [6.07, 6.45) is 2.64. The van der Waals surface area contributed by atoms with Gasteiger partial charge in [-0.25, -0.2) is 8.78 Å². The SMILES string of the molecule is C=C[C@@H](N[C@@H]1CCCN(Cc2ccc(F)cc2F)C1=O)C(=O)OC. The molecule has 1 saturated heterocycles. The van der Waals surface area contributed by atoms with E-state index in [-0.39, 0.29) is 18.0 Å².